The minimum absolute atomic E-state index is 0.161. The molecular weight excluding hydrogens is 250 g/mol. The lowest BCUT2D eigenvalue weighted by Crippen LogP contribution is -2.48. The predicted molar refractivity (Wildman–Crippen MR) is 70.8 cm³/mol. The molecule has 19 heavy (non-hydrogen) atoms. The topological polar surface area (TPSA) is 108 Å². The van der Waals surface area contributed by atoms with E-state index in [0.717, 1.165) is 12.8 Å². The third-order valence-electron chi connectivity index (χ3n) is 2.43. The lowest BCUT2D eigenvalue weighted by molar-refractivity contribution is -0.139. The second-order valence-corrected chi connectivity index (χ2v) is 4.21. The van der Waals surface area contributed by atoms with Crippen LogP contribution in [0.2, 0.25) is 0 Å². The van der Waals surface area contributed by atoms with Gasteiger partial charge in [-0.2, -0.15) is 0 Å². The predicted octanol–water partition coefficient (Wildman–Crippen LogP) is 0.455. The zero-order chi connectivity index (χ0) is 14.7. The number of hydrogen-bond donors (Lipinski definition) is 4. The van der Waals surface area contributed by atoms with Crippen LogP contribution in [0.3, 0.4) is 0 Å². The molecule has 3 amide bonds. The first-order valence-corrected chi connectivity index (χ1v) is 6.55. The smallest absolute Gasteiger partial charge is 0.326 e. The summed E-state index contributed by atoms with van der Waals surface area (Å²) in [7, 11) is 0. The van der Waals surface area contributed by atoms with E-state index in [0.29, 0.717) is 19.4 Å². The fraction of sp³-hybridized carbons (Fsp3) is 0.750. The van der Waals surface area contributed by atoms with Gasteiger partial charge >= 0.3 is 12.0 Å². The number of carbonyl (C=O) groups excluding carboxylic acids is 2. The van der Waals surface area contributed by atoms with Gasteiger partial charge in [-0.1, -0.05) is 26.7 Å². The monoisotopic (exact) mass is 273 g/mol. The fourth-order valence-corrected chi connectivity index (χ4v) is 1.36. The third-order valence-corrected chi connectivity index (χ3v) is 2.43. The summed E-state index contributed by atoms with van der Waals surface area (Å²) in [6.07, 6.45) is 2.76. The number of rotatable bonds is 9. The van der Waals surface area contributed by atoms with Crippen molar-refractivity contribution in [3.05, 3.63) is 0 Å². The molecule has 0 rings (SSSR count). The van der Waals surface area contributed by atoms with E-state index in [9.17, 15) is 14.4 Å². The maximum absolute atomic E-state index is 11.4. The zero-order valence-corrected chi connectivity index (χ0v) is 11.5. The molecule has 7 nitrogen and oxygen atoms in total. The number of carbonyl (C=O) groups is 3. The van der Waals surface area contributed by atoms with Crippen molar-refractivity contribution in [3.8, 4) is 0 Å². The third kappa shape index (κ3) is 8.87. The van der Waals surface area contributed by atoms with Gasteiger partial charge in [-0.25, -0.2) is 9.59 Å². The first kappa shape index (κ1) is 17.2. The Balaban J connectivity index is 3.99. The second-order valence-electron chi connectivity index (χ2n) is 4.21. The highest BCUT2D eigenvalue weighted by Crippen LogP contribution is 2.00. The SMILES string of the molecule is CCCCC(NC(=O)NCC(=O)NCCC)C(=O)O. The van der Waals surface area contributed by atoms with Crippen LogP contribution in [0, 0.1) is 0 Å². The lowest BCUT2D eigenvalue weighted by Gasteiger charge is -2.14. The molecule has 4 N–H and O–H groups in total. The van der Waals surface area contributed by atoms with Gasteiger partial charge < -0.3 is 21.1 Å². The van der Waals surface area contributed by atoms with Crippen molar-refractivity contribution in [2.24, 2.45) is 0 Å². The van der Waals surface area contributed by atoms with Crippen molar-refractivity contribution < 1.29 is 19.5 Å². The van der Waals surface area contributed by atoms with E-state index in [4.69, 9.17) is 5.11 Å². The van der Waals surface area contributed by atoms with Crippen molar-refractivity contribution in [1.29, 1.82) is 0 Å². The molecule has 0 radical (unpaired) electrons. The number of carboxylic acid groups (broad SMARTS) is 1. The van der Waals surface area contributed by atoms with Crippen LogP contribution in [-0.4, -0.2) is 42.1 Å². The maximum Gasteiger partial charge on any atom is 0.326 e. The van der Waals surface area contributed by atoms with E-state index >= 15 is 0 Å². The minimum atomic E-state index is -1.07. The molecule has 0 aliphatic rings. The quantitative estimate of drug-likeness (QED) is 0.489. The van der Waals surface area contributed by atoms with Crippen LogP contribution in [0.15, 0.2) is 0 Å². The molecule has 0 aromatic heterocycles. The van der Waals surface area contributed by atoms with Crippen LogP contribution in [0.5, 0.6) is 0 Å². The summed E-state index contributed by atoms with van der Waals surface area (Å²) in [5, 5.41) is 16.2. The molecule has 0 aliphatic heterocycles. The normalized spacial score (nSPS) is 11.5. The Morgan fingerprint density at radius 3 is 2.32 bits per heavy atom. The average Bonchev–Trinajstić information content (AvgIpc) is 2.38. The number of carboxylic acids is 1. The van der Waals surface area contributed by atoms with E-state index in [1.165, 1.54) is 0 Å². The van der Waals surface area contributed by atoms with E-state index in [-0.39, 0.29) is 12.5 Å². The Morgan fingerprint density at radius 2 is 1.79 bits per heavy atom. The van der Waals surface area contributed by atoms with Crippen LogP contribution in [0.4, 0.5) is 4.79 Å². The highest BCUT2D eigenvalue weighted by Gasteiger charge is 2.19. The largest absolute Gasteiger partial charge is 0.480 e. The van der Waals surface area contributed by atoms with Gasteiger partial charge in [0, 0.05) is 6.54 Å². The molecule has 0 saturated carbocycles. The zero-order valence-electron chi connectivity index (χ0n) is 11.5. The number of unbranched alkanes of at least 4 members (excludes halogenated alkanes) is 1. The number of aliphatic carboxylic acids is 1. The van der Waals surface area contributed by atoms with Crippen LogP contribution >= 0.6 is 0 Å². The van der Waals surface area contributed by atoms with Crippen molar-refractivity contribution in [2.75, 3.05) is 13.1 Å². The molecule has 0 spiro atoms. The first-order valence-electron chi connectivity index (χ1n) is 6.55. The summed E-state index contributed by atoms with van der Waals surface area (Å²) in [5.74, 6) is -1.36. The number of urea groups is 1. The molecular formula is C12H23N3O4. The van der Waals surface area contributed by atoms with Gasteiger partial charge in [0.05, 0.1) is 6.54 Å². The Kier molecular flexibility index (Phi) is 9.20. The Bertz CT molecular complexity index is 307. The fourth-order valence-electron chi connectivity index (χ4n) is 1.36. The van der Waals surface area contributed by atoms with E-state index in [2.05, 4.69) is 16.0 Å². The standard InChI is InChI=1S/C12H23N3O4/c1-3-5-6-9(11(17)18)15-12(19)14-8-10(16)13-7-4-2/h9H,3-8H2,1-2H3,(H,13,16)(H,17,18)(H2,14,15,19). The molecule has 0 bridgehead atoms. The molecule has 0 heterocycles. The second kappa shape index (κ2) is 10.2. The lowest BCUT2D eigenvalue weighted by atomic mass is 10.1. The molecule has 0 fully saturated rings. The van der Waals surface area contributed by atoms with Gasteiger partial charge in [0.15, 0.2) is 0 Å². The average molecular weight is 273 g/mol. The Hall–Kier alpha value is -1.79. The van der Waals surface area contributed by atoms with Gasteiger partial charge in [0.1, 0.15) is 6.04 Å². The van der Waals surface area contributed by atoms with Crippen molar-refractivity contribution in [1.82, 2.24) is 16.0 Å². The van der Waals surface area contributed by atoms with Gasteiger partial charge in [-0.05, 0) is 12.8 Å². The van der Waals surface area contributed by atoms with Gasteiger partial charge in [-0.3, -0.25) is 4.79 Å². The molecule has 0 aliphatic carbocycles. The highest BCUT2D eigenvalue weighted by atomic mass is 16.4. The van der Waals surface area contributed by atoms with Crippen LogP contribution in [0.1, 0.15) is 39.5 Å². The van der Waals surface area contributed by atoms with E-state index in [1.807, 2.05) is 13.8 Å². The summed E-state index contributed by atoms with van der Waals surface area (Å²) < 4.78 is 0. The Morgan fingerprint density at radius 1 is 1.11 bits per heavy atom. The van der Waals surface area contributed by atoms with Crippen molar-refractivity contribution >= 4 is 17.9 Å². The van der Waals surface area contributed by atoms with Crippen LogP contribution in [0.25, 0.3) is 0 Å². The van der Waals surface area contributed by atoms with Crippen LogP contribution in [-0.2, 0) is 9.59 Å². The van der Waals surface area contributed by atoms with Gasteiger partial charge in [0.2, 0.25) is 5.91 Å². The molecule has 7 heteroatoms. The van der Waals surface area contributed by atoms with Crippen molar-refractivity contribution in [3.63, 3.8) is 0 Å². The van der Waals surface area contributed by atoms with Gasteiger partial charge in [-0.15, -0.1) is 0 Å². The molecule has 110 valence electrons. The summed E-state index contributed by atoms with van der Waals surface area (Å²) in [5.41, 5.74) is 0. The van der Waals surface area contributed by atoms with Crippen molar-refractivity contribution in [2.45, 2.75) is 45.6 Å². The number of amides is 3. The summed E-state index contributed by atoms with van der Waals surface area (Å²) in [6.45, 7) is 4.25. The molecule has 1 unspecified atom stereocenters. The Labute approximate surface area is 113 Å². The molecule has 0 aromatic carbocycles. The van der Waals surface area contributed by atoms with Crippen LogP contribution < -0.4 is 16.0 Å². The molecule has 0 saturated heterocycles. The highest BCUT2D eigenvalue weighted by molar-refractivity contribution is 5.86. The summed E-state index contributed by atoms with van der Waals surface area (Å²) in [6, 6.07) is -1.56. The number of hydrogen-bond acceptors (Lipinski definition) is 3. The summed E-state index contributed by atoms with van der Waals surface area (Å²) >= 11 is 0. The molecule has 0 aromatic rings. The van der Waals surface area contributed by atoms with Gasteiger partial charge in [0.25, 0.3) is 0 Å². The maximum atomic E-state index is 11.4. The van der Waals surface area contributed by atoms with E-state index in [1.54, 1.807) is 0 Å². The first-order chi connectivity index (χ1) is 9.01. The number of nitrogens with one attached hydrogen (secondary N) is 3. The minimum Gasteiger partial charge on any atom is -0.480 e. The van der Waals surface area contributed by atoms with E-state index < -0.39 is 18.0 Å². The molecule has 1 atom stereocenters. The summed E-state index contributed by atoms with van der Waals surface area (Å²) in [4.78, 5) is 33.6.